The van der Waals surface area contributed by atoms with Crippen molar-refractivity contribution in [3.05, 3.63) is 184 Å². The van der Waals surface area contributed by atoms with Crippen molar-refractivity contribution in [3.8, 4) is 0 Å². The Bertz CT molecular complexity index is 5100. The number of nitrogens with one attached hydrogen (secondary N) is 4. The number of morpholine rings is 1. The molecule has 11 aliphatic heterocycles. The average Bonchev–Trinajstić information content (AvgIpc) is 1.67. The van der Waals surface area contributed by atoms with Crippen molar-refractivity contribution in [2.45, 2.75) is 202 Å². The highest BCUT2D eigenvalue weighted by Crippen LogP contribution is 2.52. The molecule has 18 rings (SSSR count). The molecular weight excluding hydrogens is 1720 g/mol. The number of aromatic nitrogens is 2. The van der Waals surface area contributed by atoms with Gasteiger partial charge in [0.1, 0.15) is 16.1 Å². The molecule has 1 aromatic heterocycles. The Morgan fingerprint density at radius 3 is 1.14 bits per heavy atom. The zero-order valence-electron chi connectivity index (χ0n) is 78.9. The minimum absolute atomic E-state index is 0. The second-order valence-corrected chi connectivity index (χ2v) is 44.8. The minimum atomic E-state index is -0.410. The van der Waals surface area contributed by atoms with Crippen LogP contribution in [0.1, 0.15) is 192 Å². The molecule has 7 aromatic rings. The first-order valence-corrected chi connectivity index (χ1v) is 51.0. The van der Waals surface area contributed by atoms with Crippen LogP contribution in [0.5, 0.6) is 0 Å². The van der Waals surface area contributed by atoms with Crippen LogP contribution in [0.15, 0.2) is 150 Å². The molecule has 0 saturated carbocycles. The highest BCUT2D eigenvalue weighted by Gasteiger charge is 2.49. The Hall–Kier alpha value is -9.72. The van der Waals surface area contributed by atoms with Crippen LogP contribution in [0.3, 0.4) is 0 Å². The summed E-state index contributed by atoms with van der Waals surface area (Å²) in [7, 11) is 2.16. The Kier molecular flexibility index (Phi) is 30.4. The number of para-hydroxylation sites is 7. The highest BCUT2D eigenvalue weighted by atomic mass is 32.2. The number of aromatic amines is 1. The molecule has 0 spiro atoms. The molecule has 5 unspecified atom stereocenters. The number of carbonyl (C=O) groups is 8. The summed E-state index contributed by atoms with van der Waals surface area (Å²) in [5.41, 5.74) is 12.9. The van der Waals surface area contributed by atoms with Crippen molar-refractivity contribution in [2.75, 3.05) is 170 Å². The number of hydrogen-bond donors (Lipinski definition) is 4. The summed E-state index contributed by atoms with van der Waals surface area (Å²) >= 11 is 4.92. The number of piperazine rings is 2. The van der Waals surface area contributed by atoms with Crippen molar-refractivity contribution >= 4 is 122 Å². The summed E-state index contributed by atoms with van der Waals surface area (Å²) in [5, 5.41) is 7.90. The summed E-state index contributed by atoms with van der Waals surface area (Å²) in [5.74, 6) is 0.310. The maximum absolute atomic E-state index is 14.0. The van der Waals surface area contributed by atoms with Gasteiger partial charge in [0, 0.05) is 223 Å². The number of likely N-dealkylation sites (tertiary alicyclic amines) is 3. The van der Waals surface area contributed by atoms with E-state index in [9.17, 15) is 43.2 Å². The number of fused-ring (bicyclic) bond motifs is 3. The fourth-order valence-electron chi connectivity index (χ4n) is 20.2. The number of nitrogens with zero attached hydrogens (tertiary/aromatic N) is 13. The van der Waals surface area contributed by atoms with E-state index < -0.39 is 15.7 Å². The summed E-state index contributed by atoms with van der Waals surface area (Å²) in [6, 6.07) is 49.1. The van der Waals surface area contributed by atoms with E-state index in [4.69, 9.17) is 4.74 Å². The number of carbonyl (C=O) groups excluding carboxylic acids is 8. The summed E-state index contributed by atoms with van der Waals surface area (Å²) in [6.45, 7) is 37.4. The van der Waals surface area contributed by atoms with Crippen molar-refractivity contribution in [3.63, 3.8) is 0 Å². The van der Waals surface area contributed by atoms with Gasteiger partial charge in [0.2, 0.25) is 35.4 Å². The number of anilines is 5. The van der Waals surface area contributed by atoms with Gasteiger partial charge in [0.15, 0.2) is 0 Å². The first-order valence-electron chi connectivity index (χ1n) is 48.1. The Morgan fingerprint density at radius 1 is 0.402 bits per heavy atom. The molecule has 10 amide bonds. The normalized spacial score (nSPS) is 22.9. The van der Waals surface area contributed by atoms with Gasteiger partial charge in [-0.05, 0) is 135 Å². The predicted molar refractivity (Wildman–Crippen MR) is 534 cm³/mol. The number of hydrogen-bond acceptors (Lipinski definition) is 18. The number of H-pyrrole nitrogens is 1. The van der Waals surface area contributed by atoms with Crippen LogP contribution in [-0.4, -0.2) is 274 Å². The quantitative estimate of drug-likeness (QED) is 0.0521. The lowest BCUT2D eigenvalue weighted by Gasteiger charge is -2.40. The molecule has 6 atom stereocenters. The number of ether oxygens (including phenoxy) is 1. The predicted octanol–water partition coefficient (Wildman–Crippen LogP) is 15.4. The number of amides is 10. The molecule has 0 aliphatic carbocycles. The van der Waals surface area contributed by atoms with Crippen molar-refractivity contribution < 1.29 is 45.9 Å². The van der Waals surface area contributed by atoms with Crippen molar-refractivity contribution in [2.24, 2.45) is 16.2 Å². The summed E-state index contributed by atoms with van der Waals surface area (Å²) in [6.07, 6.45) is 7.70. The lowest BCUT2D eigenvalue weighted by molar-refractivity contribution is -0.137. The fourth-order valence-corrected chi connectivity index (χ4v) is 24.7. The van der Waals surface area contributed by atoms with E-state index in [2.05, 4.69) is 189 Å². The smallest absolute Gasteiger partial charge is 0.326 e. The number of rotatable bonds is 21. The van der Waals surface area contributed by atoms with Crippen LogP contribution in [0.25, 0.3) is 11.0 Å². The SMILES string of the molecule is CC(C)(C)CCN1C(=O)C(CC(=O)N2CCC(N3Cc4ccccc4NC3=O)CC2)SC1c1ccccc1N1CCNCC1.CC(C)(C)CCN1C(=O)C(CC(=O)N2CCC(N3Cc4ccccc4NC3=O)CC2)SC1c1ccccc1N1CCOCC1.CN1CCN(c2ccccc2[C@@H]2SC(CC(=O)N3CCC(n4c(=O)[nH]c5ccccc54)CC3)C(=O)N2CCC(C)(C)C)CC1.[HH].[HH]. The molecule has 9 fully saturated rings. The van der Waals surface area contributed by atoms with Crippen LogP contribution in [0, 0.1) is 16.2 Å². The molecule has 132 heavy (non-hydrogen) atoms. The Balaban J connectivity index is 0.000000160. The van der Waals surface area contributed by atoms with Gasteiger partial charge in [-0.25, -0.2) is 14.4 Å². The number of urea groups is 2. The summed E-state index contributed by atoms with van der Waals surface area (Å²) < 4.78 is 7.45. The van der Waals surface area contributed by atoms with E-state index >= 15 is 0 Å². The van der Waals surface area contributed by atoms with Gasteiger partial charge in [0.05, 0.1) is 40.0 Å². The molecule has 12 heterocycles. The lowest BCUT2D eigenvalue weighted by atomic mass is 9.92. The van der Waals surface area contributed by atoms with Crippen LogP contribution >= 0.6 is 35.3 Å². The van der Waals surface area contributed by atoms with Crippen LogP contribution in [0.2, 0.25) is 0 Å². The van der Waals surface area contributed by atoms with Gasteiger partial charge in [-0.3, -0.25) is 33.3 Å². The average molecular weight is 1860 g/mol. The number of imidazole rings is 1. The second-order valence-electron chi connectivity index (χ2n) is 41.0. The second kappa shape index (κ2) is 42.0. The van der Waals surface area contributed by atoms with E-state index in [0.29, 0.717) is 85.2 Å². The van der Waals surface area contributed by atoms with Gasteiger partial charge >= 0.3 is 17.8 Å². The maximum atomic E-state index is 14.0. The van der Waals surface area contributed by atoms with Gasteiger partial charge in [0.25, 0.3) is 0 Å². The number of benzene rings is 6. The third-order valence-corrected chi connectivity index (χ3v) is 32.5. The fraction of sp³-hybridized carbons (Fsp3) is 0.559. The first kappa shape index (κ1) is 95.4. The molecule has 0 radical (unpaired) electrons. The zero-order chi connectivity index (χ0) is 92.7. The molecule has 30 heteroatoms. The van der Waals surface area contributed by atoms with Gasteiger partial charge in [-0.2, -0.15) is 0 Å². The zero-order valence-corrected chi connectivity index (χ0v) is 81.4. The standard InChI is InChI=1S/2C34H46N6O3S.C34H45N5O4S.2H2/c1-34(2,3)15-18-39-31(42)29(44-32(39)25-9-5-7-11-27(25)37-21-19-36(4)20-22-37)23-30(41)38-16-13-24(14-17-38)40-28-12-8-6-10-26(28)35-33(40)43;1-34(2,3)14-19-39-31(42)29(44-32(39)26-9-5-7-11-28(26)37-20-15-35-16-21-37)22-30(41)38-17-12-25(13-18-38)40-23-24-8-4-6-10-27(24)36-33(40)43;1-34(2,3)14-17-38-31(41)29(44-32(38)26-9-5-7-11-28(26)36-18-20-43-21-19-36)22-30(40)37-15-12-25(13-16-37)39-23-24-8-4-6-10-27(24)35-33(39)42;;/h5-12,24,29,32H,13-23H2,1-4H3,(H,35,43);4-11,25,29,32,35H,12-23H2,1-3H3,(H,36,43);4-11,25,29,32H,12-23H2,1-3H3,(H,35,42);2*1H/t29?,32-;;;;/m0..../s1. The van der Waals surface area contributed by atoms with Crippen molar-refractivity contribution in [1.29, 1.82) is 0 Å². The highest BCUT2D eigenvalue weighted by molar-refractivity contribution is 8.01. The Labute approximate surface area is 794 Å². The maximum Gasteiger partial charge on any atom is 0.326 e. The first-order chi connectivity index (χ1) is 63.4. The molecule has 4 N–H and O–H groups in total. The van der Waals surface area contributed by atoms with Gasteiger partial charge in [-0.15, -0.1) is 35.3 Å². The third-order valence-electron chi connectivity index (χ3n) is 28.1. The molecule has 27 nitrogen and oxygen atoms in total. The molecule has 0 bridgehead atoms. The number of thioether (sulfide) groups is 3. The topological polar surface area (TPSA) is 259 Å². The largest absolute Gasteiger partial charge is 0.378 e. The van der Waals surface area contributed by atoms with Crippen LogP contribution < -0.4 is 36.3 Å². The molecule has 6 aromatic carbocycles. The van der Waals surface area contributed by atoms with E-state index in [0.717, 1.165) is 168 Å². The number of likely N-dealkylation sites (N-methyl/N-ethyl adjacent to an activating group) is 1. The van der Waals surface area contributed by atoms with E-state index in [1.54, 1.807) is 35.3 Å². The monoisotopic (exact) mass is 1860 g/mol. The Morgan fingerprint density at radius 2 is 0.742 bits per heavy atom. The van der Waals surface area contributed by atoms with Crippen molar-refractivity contribution in [1.82, 2.24) is 59.0 Å². The lowest BCUT2D eigenvalue weighted by Crippen LogP contribution is -2.51. The third kappa shape index (κ3) is 22.7. The number of piperidine rings is 3. The molecule has 9 saturated heterocycles. The minimum Gasteiger partial charge on any atom is -0.378 e. The van der Waals surface area contributed by atoms with E-state index in [-0.39, 0.29) is 126 Å². The van der Waals surface area contributed by atoms with Crippen LogP contribution in [0.4, 0.5) is 38.0 Å². The van der Waals surface area contributed by atoms with E-state index in [1.807, 2.05) is 110 Å². The molecule has 11 aliphatic rings. The van der Waals surface area contributed by atoms with E-state index in [1.165, 1.54) is 22.5 Å². The molecular formula is C102H141N17O10S3. The van der Waals surface area contributed by atoms with Gasteiger partial charge in [-0.1, -0.05) is 165 Å². The molecule has 712 valence electrons. The summed E-state index contributed by atoms with van der Waals surface area (Å²) in [4.78, 5) is 149. The van der Waals surface area contributed by atoms with Crippen LogP contribution in [-0.2, 0) is 46.6 Å². The van der Waals surface area contributed by atoms with Gasteiger partial charge < -0.3 is 84.5 Å².